The van der Waals surface area contributed by atoms with Crippen LogP contribution in [0.15, 0.2) is 18.5 Å². The topological polar surface area (TPSA) is 84.4 Å². The molecule has 0 unspecified atom stereocenters. The van der Waals surface area contributed by atoms with E-state index in [1.165, 1.54) is 18.4 Å². The van der Waals surface area contributed by atoms with Crippen LogP contribution in [0.3, 0.4) is 0 Å². The summed E-state index contributed by atoms with van der Waals surface area (Å²) in [4.78, 5) is 37.3. The van der Waals surface area contributed by atoms with Gasteiger partial charge >= 0.3 is 5.97 Å². The fourth-order valence-corrected chi connectivity index (χ4v) is 5.44. The molecule has 0 spiro atoms. The van der Waals surface area contributed by atoms with E-state index in [-0.39, 0.29) is 17.8 Å². The number of esters is 1. The van der Waals surface area contributed by atoms with E-state index in [0.717, 1.165) is 57.2 Å². The van der Waals surface area contributed by atoms with Gasteiger partial charge in [-0.1, -0.05) is 6.42 Å². The summed E-state index contributed by atoms with van der Waals surface area (Å²) in [5.74, 6) is 0.264. The minimum Gasteiger partial charge on any atom is -0.465 e. The van der Waals surface area contributed by atoms with Crippen LogP contribution in [0.5, 0.6) is 0 Å². The second-order valence-electron chi connectivity index (χ2n) is 7.56. The number of piperidine rings is 1. The summed E-state index contributed by atoms with van der Waals surface area (Å²) in [7, 11) is 1.40. The molecule has 1 aliphatic carbocycles. The van der Waals surface area contributed by atoms with E-state index in [1.54, 1.807) is 29.8 Å². The third-order valence-corrected chi connectivity index (χ3v) is 6.96. The smallest absolute Gasteiger partial charge is 0.341 e. The molecule has 1 amide bonds. The molecular formula is C21H26N4O3S. The molecule has 2 aromatic rings. The lowest BCUT2D eigenvalue weighted by Gasteiger charge is -2.31. The molecule has 29 heavy (non-hydrogen) atoms. The average molecular weight is 415 g/mol. The first kappa shape index (κ1) is 19.8. The first-order valence-corrected chi connectivity index (χ1v) is 11.0. The van der Waals surface area contributed by atoms with E-state index in [9.17, 15) is 9.59 Å². The van der Waals surface area contributed by atoms with E-state index in [0.29, 0.717) is 16.5 Å². The predicted octanol–water partition coefficient (Wildman–Crippen LogP) is 3.45. The number of aryl methyl sites for hydroxylation is 1. The highest BCUT2D eigenvalue weighted by atomic mass is 32.1. The highest BCUT2D eigenvalue weighted by Gasteiger charge is 2.30. The Kier molecular flexibility index (Phi) is 6.08. The van der Waals surface area contributed by atoms with Crippen LogP contribution in [-0.4, -0.2) is 42.0 Å². The van der Waals surface area contributed by atoms with E-state index < -0.39 is 0 Å². The molecule has 8 heteroatoms. The summed E-state index contributed by atoms with van der Waals surface area (Å²) in [6.07, 6.45) is 10.2. The van der Waals surface area contributed by atoms with Gasteiger partial charge in [0, 0.05) is 36.3 Å². The Labute approximate surface area is 174 Å². The molecule has 7 nitrogen and oxygen atoms in total. The number of thiophene rings is 1. The Bertz CT molecular complexity index is 876. The first-order valence-electron chi connectivity index (χ1n) is 10.2. The fraction of sp³-hybridized carbons (Fsp3) is 0.524. The highest BCUT2D eigenvalue weighted by Crippen LogP contribution is 2.38. The summed E-state index contributed by atoms with van der Waals surface area (Å²) < 4.78 is 5.03. The van der Waals surface area contributed by atoms with E-state index >= 15 is 0 Å². The number of ether oxygens (including phenoxy) is 1. The van der Waals surface area contributed by atoms with Crippen molar-refractivity contribution in [1.82, 2.24) is 9.97 Å². The van der Waals surface area contributed by atoms with Gasteiger partial charge in [-0.2, -0.15) is 0 Å². The van der Waals surface area contributed by atoms with Crippen LogP contribution in [-0.2, 0) is 22.4 Å². The standard InChI is InChI=1S/C21H26N4O3S/c1-28-20(27)17-15-6-3-2-4-7-16(15)29-19(17)24-18(26)14-8-12-25(13-9-14)21-22-10-5-11-23-21/h5,10-11,14H,2-4,6-9,12-13H2,1H3,(H,24,26). The molecule has 1 N–H and O–H groups in total. The van der Waals surface area contributed by atoms with Crippen LogP contribution in [0.4, 0.5) is 10.9 Å². The monoisotopic (exact) mass is 414 g/mol. The van der Waals surface area contributed by atoms with Crippen molar-refractivity contribution in [3.8, 4) is 0 Å². The summed E-state index contributed by atoms with van der Waals surface area (Å²) >= 11 is 1.55. The van der Waals surface area contributed by atoms with Gasteiger partial charge in [-0.15, -0.1) is 11.3 Å². The van der Waals surface area contributed by atoms with Crippen LogP contribution >= 0.6 is 11.3 Å². The van der Waals surface area contributed by atoms with Gasteiger partial charge in [-0.05, 0) is 50.2 Å². The number of aromatic nitrogens is 2. The van der Waals surface area contributed by atoms with Crippen molar-refractivity contribution in [3.05, 3.63) is 34.5 Å². The first-order chi connectivity index (χ1) is 14.2. The molecule has 0 bridgehead atoms. The molecule has 2 aliphatic rings. The van der Waals surface area contributed by atoms with Gasteiger partial charge < -0.3 is 15.0 Å². The second-order valence-corrected chi connectivity index (χ2v) is 8.66. The summed E-state index contributed by atoms with van der Waals surface area (Å²) in [5.41, 5.74) is 1.64. The van der Waals surface area contributed by atoms with Gasteiger partial charge in [-0.3, -0.25) is 4.79 Å². The molecular weight excluding hydrogens is 388 g/mol. The number of methoxy groups -OCH3 is 1. The van der Waals surface area contributed by atoms with Gasteiger partial charge in [0.1, 0.15) is 5.00 Å². The molecule has 3 heterocycles. The Balaban J connectivity index is 1.45. The van der Waals surface area contributed by atoms with Crippen molar-refractivity contribution in [2.75, 3.05) is 30.4 Å². The molecule has 0 aromatic carbocycles. The summed E-state index contributed by atoms with van der Waals surface area (Å²) in [5, 5.41) is 3.71. The SMILES string of the molecule is COC(=O)c1c(NC(=O)C2CCN(c3ncccn3)CC2)sc2c1CCCCC2. The lowest BCUT2D eigenvalue weighted by molar-refractivity contribution is -0.120. The number of amides is 1. The van der Waals surface area contributed by atoms with E-state index in [1.807, 2.05) is 0 Å². The molecule has 1 saturated heterocycles. The quantitative estimate of drug-likeness (QED) is 0.609. The third kappa shape index (κ3) is 4.27. The summed E-state index contributed by atoms with van der Waals surface area (Å²) in [6, 6.07) is 1.80. The number of hydrogen-bond acceptors (Lipinski definition) is 7. The number of hydrogen-bond donors (Lipinski definition) is 1. The van der Waals surface area contributed by atoms with Crippen molar-refractivity contribution >= 4 is 34.2 Å². The maximum absolute atomic E-state index is 12.9. The normalized spacial score (nSPS) is 17.3. The third-order valence-electron chi connectivity index (χ3n) is 5.75. The molecule has 1 fully saturated rings. The van der Waals surface area contributed by atoms with Crippen molar-refractivity contribution < 1.29 is 14.3 Å². The molecule has 2 aromatic heterocycles. The number of fused-ring (bicyclic) bond motifs is 1. The Morgan fingerprint density at radius 2 is 1.86 bits per heavy atom. The largest absolute Gasteiger partial charge is 0.465 e. The van der Waals surface area contributed by atoms with Crippen LogP contribution in [0.2, 0.25) is 0 Å². The van der Waals surface area contributed by atoms with E-state index in [4.69, 9.17) is 4.74 Å². The predicted molar refractivity (Wildman–Crippen MR) is 113 cm³/mol. The second kappa shape index (κ2) is 8.90. The zero-order chi connectivity index (χ0) is 20.2. The summed E-state index contributed by atoms with van der Waals surface area (Å²) in [6.45, 7) is 1.49. The fourth-order valence-electron chi connectivity index (χ4n) is 4.16. The number of nitrogens with zero attached hydrogens (tertiary/aromatic N) is 3. The van der Waals surface area contributed by atoms with Gasteiger partial charge in [0.2, 0.25) is 11.9 Å². The minimum absolute atomic E-state index is 0.0137. The van der Waals surface area contributed by atoms with E-state index in [2.05, 4.69) is 20.2 Å². The van der Waals surface area contributed by atoms with Crippen LogP contribution < -0.4 is 10.2 Å². The van der Waals surface area contributed by atoms with Gasteiger partial charge in [0.25, 0.3) is 0 Å². The molecule has 1 aliphatic heterocycles. The molecule has 0 atom stereocenters. The Morgan fingerprint density at radius 3 is 2.59 bits per heavy atom. The Morgan fingerprint density at radius 1 is 1.14 bits per heavy atom. The lowest BCUT2D eigenvalue weighted by Crippen LogP contribution is -2.39. The van der Waals surface area contributed by atoms with Crippen LogP contribution in [0, 0.1) is 5.92 Å². The molecule has 0 saturated carbocycles. The number of carbonyl (C=O) groups excluding carboxylic acids is 2. The van der Waals surface area contributed by atoms with Crippen molar-refractivity contribution in [2.24, 2.45) is 5.92 Å². The number of rotatable bonds is 4. The van der Waals surface area contributed by atoms with Crippen LogP contribution in [0.1, 0.15) is 52.9 Å². The maximum Gasteiger partial charge on any atom is 0.341 e. The number of anilines is 2. The Hall–Kier alpha value is -2.48. The highest BCUT2D eigenvalue weighted by molar-refractivity contribution is 7.17. The average Bonchev–Trinajstić information content (AvgIpc) is 2.94. The van der Waals surface area contributed by atoms with Gasteiger partial charge in [0.15, 0.2) is 0 Å². The molecule has 0 radical (unpaired) electrons. The molecule has 154 valence electrons. The van der Waals surface area contributed by atoms with Crippen molar-refractivity contribution in [1.29, 1.82) is 0 Å². The number of nitrogens with one attached hydrogen (secondary N) is 1. The molecule has 4 rings (SSSR count). The zero-order valence-corrected chi connectivity index (χ0v) is 17.5. The van der Waals surface area contributed by atoms with Gasteiger partial charge in [0.05, 0.1) is 12.7 Å². The van der Waals surface area contributed by atoms with Crippen LogP contribution in [0.25, 0.3) is 0 Å². The van der Waals surface area contributed by atoms with Crippen molar-refractivity contribution in [2.45, 2.75) is 44.9 Å². The maximum atomic E-state index is 12.9. The van der Waals surface area contributed by atoms with Gasteiger partial charge in [-0.25, -0.2) is 14.8 Å². The lowest BCUT2D eigenvalue weighted by atomic mass is 9.96. The minimum atomic E-state index is -0.351. The zero-order valence-electron chi connectivity index (χ0n) is 16.6. The number of carbonyl (C=O) groups is 2. The van der Waals surface area contributed by atoms with Crippen molar-refractivity contribution in [3.63, 3.8) is 0 Å².